The largest absolute Gasteiger partial charge is 0.339 e. The first kappa shape index (κ1) is 16.9. The van der Waals surface area contributed by atoms with Crippen molar-refractivity contribution in [2.24, 2.45) is 5.92 Å². The molecule has 1 aromatic rings. The standard InChI is InChI=1S/C19H27N3O2/c23-18(13-16-5-2-1-3-6-16)21-9-11-22(12-10-21)19(24)14-17-7-4-8-20-15-17/h4,7-8,15-16H,1-3,5-6,9-14H2. The molecule has 5 nitrogen and oxygen atoms in total. The molecule has 0 N–H and O–H groups in total. The Morgan fingerprint density at radius 1 is 1.00 bits per heavy atom. The van der Waals surface area contributed by atoms with E-state index in [0.717, 1.165) is 5.56 Å². The summed E-state index contributed by atoms with van der Waals surface area (Å²) in [5.41, 5.74) is 0.943. The summed E-state index contributed by atoms with van der Waals surface area (Å²) in [7, 11) is 0. The summed E-state index contributed by atoms with van der Waals surface area (Å²) in [6.45, 7) is 2.64. The van der Waals surface area contributed by atoms with E-state index >= 15 is 0 Å². The van der Waals surface area contributed by atoms with Gasteiger partial charge in [-0.05, 0) is 30.4 Å². The maximum absolute atomic E-state index is 12.4. The normalized spacial score (nSPS) is 19.3. The van der Waals surface area contributed by atoms with Crippen LogP contribution in [0.25, 0.3) is 0 Å². The molecule has 0 atom stereocenters. The molecule has 3 rings (SSSR count). The second-order valence-electron chi connectivity index (χ2n) is 7.01. The zero-order valence-corrected chi connectivity index (χ0v) is 14.3. The zero-order chi connectivity index (χ0) is 16.8. The highest BCUT2D eigenvalue weighted by Crippen LogP contribution is 2.27. The first-order valence-corrected chi connectivity index (χ1v) is 9.17. The fourth-order valence-corrected chi connectivity index (χ4v) is 3.76. The van der Waals surface area contributed by atoms with Gasteiger partial charge in [0.1, 0.15) is 0 Å². The lowest BCUT2D eigenvalue weighted by molar-refractivity contribution is -0.139. The molecule has 1 aromatic heterocycles. The Morgan fingerprint density at radius 3 is 2.29 bits per heavy atom. The summed E-state index contributed by atoms with van der Waals surface area (Å²) in [6, 6.07) is 3.78. The van der Waals surface area contributed by atoms with Crippen molar-refractivity contribution >= 4 is 11.8 Å². The minimum atomic E-state index is 0.127. The summed E-state index contributed by atoms with van der Waals surface area (Å²) in [5, 5.41) is 0. The van der Waals surface area contributed by atoms with Gasteiger partial charge in [0.2, 0.25) is 11.8 Å². The van der Waals surface area contributed by atoms with E-state index in [1.165, 1.54) is 32.1 Å². The number of hydrogen-bond acceptors (Lipinski definition) is 3. The highest BCUT2D eigenvalue weighted by atomic mass is 16.2. The fourth-order valence-electron chi connectivity index (χ4n) is 3.76. The summed E-state index contributed by atoms with van der Waals surface area (Å²) >= 11 is 0. The molecule has 0 unspecified atom stereocenters. The molecule has 1 saturated heterocycles. The van der Waals surface area contributed by atoms with Crippen LogP contribution >= 0.6 is 0 Å². The summed E-state index contributed by atoms with van der Waals surface area (Å²) in [5.74, 6) is 0.986. The van der Waals surface area contributed by atoms with Gasteiger partial charge in [0.15, 0.2) is 0 Å². The third-order valence-electron chi connectivity index (χ3n) is 5.25. The minimum Gasteiger partial charge on any atom is -0.339 e. The lowest BCUT2D eigenvalue weighted by Gasteiger charge is -2.35. The quantitative estimate of drug-likeness (QED) is 0.851. The number of amides is 2. The molecule has 1 aliphatic heterocycles. The molecule has 1 saturated carbocycles. The van der Waals surface area contributed by atoms with E-state index in [1.807, 2.05) is 21.9 Å². The molecule has 2 heterocycles. The van der Waals surface area contributed by atoms with Gasteiger partial charge >= 0.3 is 0 Å². The first-order chi connectivity index (χ1) is 11.7. The van der Waals surface area contributed by atoms with Crippen molar-refractivity contribution in [1.29, 1.82) is 0 Å². The van der Waals surface area contributed by atoms with Crippen LogP contribution in [-0.2, 0) is 16.0 Å². The molecule has 1 aliphatic carbocycles. The van der Waals surface area contributed by atoms with Gasteiger partial charge in [-0.15, -0.1) is 0 Å². The lowest BCUT2D eigenvalue weighted by Crippen LogP contribution is -2.51. The average Bonchev–Trinajstić information content (AvgIpc) is 2.63. The molecule has 2 fully saturated rings. The summed E-state index contributed by atoms with van der Waals surface area (Å²) < 4.78 is 0. The van der Waals surface area contributed by atoms with Crippen molar-refractivity contribution in [3.8, 4) is 0 Å². The van der Waals surface area contributed by atoms with E-state index in [0.29, 0.717) is 44.9 Å². The molecule has 0 spiro atoms. The van der Waals surface area contributed by atoms with E-state index in [-0.39, 0.29) is 11.8 Å². The Bertz CT molecular complexity index is 547. The van der Waals surface area contributed by atoms with E-state index in [1.54, 1.807) is 12.4 Å². The molecule has 0 radical (unpaired) electrons. The number of nitrogens with zero attached hydrogens (tertiary/aromatic N) is 3. The van der Waals surface area contributed by atoms with Crippen molar-refractivity contribution in [3.05, 3.63) is 30.1 Å². The van der Waals surface area contributed by atoms with Crippen molar-refractivity contribution < 1.29 is 9.59 Å². The van der Waals surface area contributed by atoms with Crippen LogP contribution < -0.4 is 0 Å². The van der Waals surface area contributed by atoms with Crippen LogP contribution in [0.3, 0.4) is 0 Å². The molecule has 2 aliphatic rings. The van der Waals surface area contributed by atoms with Gasteiger partial charge in [0, 0.05) is 45.0 Å². The maximum atomic E-state index is 12.4. The van der Waals surface area contributed by atoms with Crippen molar-refractivity contribution in [3.63, 3.8) is 0 Å². The Labute approximate surface area is 144 Å². The van der Waals surface area contributed by atoms with Crippen LogP contribution in [0, 0.1) is 5.92 Å². The molecule has 130 valence electrons. The van der Waals surface area contributed by atoms with Gasteiger partial charge in [-0.2, -0.15) is 0 Å². The van der Waals surface area contributed by atoms with Crippen molar-refractivity contribution in [2.45, 2.75) is 44.9 Å². The number of rotatable bonds is 4. The van der Waals surface area contributed by atoms with E-state index in [4.69, 9.17) is 0 Å². The number of pyridine rings is 1. The number of carbonyl (C=O) groups excluding carboxylic acids is 2. The van der Waals surface area contributed by atoms with Gasteiger partial charge in [-0.1, -0.05) is 25.3 Å². The summed E-state index contributed by atoms with van der Waals surface area (Å²) in [4.78, 5) is 32.7. The van der Waals surface area contributed by atoms with E-state index in [9.17, 15) is 9.59 Å². The molecular formula is C19H27N3O2. The highest BCUT2D eigenvalue weighted by molar-refractivity contribution is 5.80. The third kappa shape index (κ3) is 4.56. The van der Waals surface area contributed by atoms with E-state index < -0.39 is 0 Å². The van der Waals surface area contributed by atoms with Crippen LogP contribution in [0.4, 0.5) is 0 Å². The second-order valence-corrected chi connectivity index (χ2v) is 7.01. The average molecular weight is 329 g/mol. The third-order valence-corrected chi connectivity index (χ3v) is 5.25. The van der Waals surface area contributed by atoms with Crippen LogP contribution in [-0.4, -0.2) is 52.8 Å². The first-order valence-electron chi connectivity index (χ1n) is 9.17. The number of hydrogen-bond donors (Lipinski definition) is 0. The smallest absolute Gasteiger partial charge is 0.227 e. The zero-order valence-electron chi connectivity index (χ0n) is 14.3. The monoisotopic (exact) mass is 329 g/mol. The van der Waals surface area contributed by atoms with Crippen molar-refractivity contribution in [1.82, 2.24) is 14.8 Å². The lowest BCUT2D eigenvalue weighted by atomic mass is 9.86. The van der Waals surface area contributed by atoms with Crippen LogP contribution in [0.1, 0.15) is 44.1 Å². The maximum Gasteiger partial charge on any atom is 0.227 e. The van der Waals surface area contributed by atoms with Gasteiger partial charge in [0.05, 0.1) is 6.42 Å². The Balaban J connectivity index is 1.43. The van der Waals surface area contributed by atoms with Crippen LogP contribution in [0.15, 0.2) is 24.5 Å². The summed E-state index contributed by atoms with van der Waals surface area (Å²) in [6.07, 6.45) is 10.8. The molecule has 2 amide bonds. The molecule has 24 heavy (non-hydrogen) atoms. The molecule has 0 bridgehead atoms. The van der Waals surface area contributed by atoms with Gasteiger partial charge < -0.3 is 9.80 Å². The van der Waals surface area contributed by atoms with Crippen LogP contribution in [0.2, 0.25) is 0 Å². The van der Waals surface area contributed by atoms with Crippen molar-refractivity contribution in [2.75, 3.05) is 26.2 Å². The Morgan fingerprint density at radius 2 is 1.67 bits per heavy atom. The Kier molecular flexibility index (Phi) is 5.83. The second kappa shape index (κ2) is 8.27. The number of piperazine rings is 1. The van der Waals surface area contributed by atoms with Gasteiger partial charge in [0.25, 0.3) is 0 Å². The predicted octanol–water partition coefficient (Wildman–Crippen LogP) is 2.27. The molecular weight excluding hydrogens is 302 g/mol. The van der Waals surface area contributed by atoms with Gasteiger partial charge in [-0.25, -0.2) is 0 Å². The molecule has 5 heteroatoms. The molecule has 0 aromatic carbocycles. The minimum absolute atomic E-state index is 0.127. The SMILES string of the molecule is O=C(Cc1cccnc1)N1CCN(C(=O)CC2CCCCC2)CC1. The van der Waals surface area contributed by atoms with Crippen LogP contribution in [0.5, 0.6) is 0 Å². The predicted molar refractivity (Wildman–Crippen MR) is 92.3 cm³/mol. The highest BCUT2D eigenvalue weighted by Gasteiger charge is 2.26. The fraction of sp³-hybridized carbons (Fsp3) is 0.632. The Hall–Kier alpha value is -1.91. The number of aromatic nitrogens is 1. The topological polar surface area (TPSA) is 53.5 Å². The van der Waals surface area contributed by atoms with Gasteiger partial charge in [-0.3, -0.25) is 14.6 Å². The van der Waals surface area contributed by atoms with E-state index in [2.05, 4.69) is 4.98 Å². The number of carbonyl (C=O) groups is 2.